The number of aliphatic hydroxyl groups is 2. The third-order valence-corrected chi connectivity index (χ3v) is 2.20. The Balaban J connectivity index is 3.60. The minimum Gasteiger partial charge on any atom is -0.394 e. The van der Waals surface area contributed by atoms with Crippen molar-refractivity contribution in [2.24, 2.45) is 0 Å². The second-order valence-corrected chi connectivity index (χ2v) is 8.68. The molecule has 2 N–H and O–H groups in total. The highest BCUT2D eigenvalue weighted by Gasteiger charge is 2.07. The minimum atomic E-state index is -1.24. The highest BCUT2D eigenvalue weighted by Crippen LogP contribution is 1.98. The summed E-state index contributed by atoms with van der Waals surface area (Å²) in [5.74, 6) is 3.03. The molecule has 0 aromatic rings. The molecular weight excluding hydrogens is 168 g/mol. The Bertz CT molecular complexity index is 173. The first-order chi connectivity index (χ1) is 5.45. The van der Waals surface area contributed by atoms with Crippen molar-refractivity contribution in [2.45, 2.75) is 38.6 Å². The molecule has 0 rings (SSSR count). The lowest BCUT2D eigenvalue weighted by molar-refractivity contribution is 0.0896. The molecule has 0 spiro atoms. The van der Waals surface area contributed by atoms with E-state index in [1.165, 1.54) is 0 Å². The van der Waals surface area contributed by atoms with Crippen LogP contribution in [0.5, 0.6) is 0 Å². The Morgan fingerprint density at radius 2 is 1.92 bits per heavy atom. The highest BCUT2D eigenvalue weighted by atomic mass is 28.3. The van der Waals surface area contributed by atoms with E-state index >= 15 is 0 Å². The number of aliphatic hydroxyl groups excluding tert-OH is 2. The van der Waals surface area contributed by atoms with Crippen LogP contribution in [0.4, 0.5) is 0 Å². The molecule has 3 heteroatoms. The maximum absolute atomic E-state index is 8.98. The van der Waals surface area contributed by atoms with E-state index in [1.54, 1.807) is 0 Å². The maximum atomic E-state index is 8.98. The van der Waals surface area contributed by atoms with Gasteiger partial charge in [0, 0.05) is 6.42 Å². The third-order valence-electron chi connectivity index (χ3n) is 1.28. The zero-order valence-electron chi connectivity index (χ0n) is 8.09. The van der Waals surface area contributed by atoms with Crippen LogP contribution < -0.4 is 0 Å². The Morgan fingerprint density at radius 1 is 1.33 bits per heavy atom. The molecule has 0 aliphatic rings. The summed E-state index contributed by atoms with van der Waals surface area (Å²) < 4.78 is 0. The molecule has 0 saturated carbocycles. The lowest BCUT2D eigenvalue weighted by Gasteiger charge is -2.04. The standard InChI is InChI=1S/C9H18O2Si/c1-12(2,3)7-5-4-6-9(11)8-10/h9-11H,4,6,8H2,1-3H3. The molecule has 0 radical (unpaired) electrons. The third kappa shape index (κ3) is 7.80. The van der Waals surface area contributed by atoms with Crippen LogP contribution in [-0.4, -0.2) is 31.0 Å². The SMILES string of the molecule is C[Si](C)(C)C#CCCC(O)CO. The molecule has 2 nitrogen and oxygen atoms in total. The van der Waals surface area contributed by atoms with Gasteiger partial charge in [0.25, 0.3) is 0 Å². The predicted molar refractivity (Wildman–Crippen MR) is 53.4 cm³/mol. The number of rotatable bonds is 3. The molecule has 0 saturated heterocycles. The van der Waals surface area contributed by atoms with Crippen molar-refractivity contribution in [1.29, 1.82) is 0 Å². The summed E-state index contributed by atoms with van der Waals surface area (Å²) in [7, 11) is -1.24. The van der Waals surface area contributed by atoms with Crippen LogP contribution in [-0.2, 0) is 0 Å². The summed E-state index contributed by atoms with van der Waals surface area (Å²) in [5, 5.41) is 17.5. The van der Waals surface area contributed by atoms with E-state index in [4.69, 9.17) is 10.2 Å². The molecule has 12 heavy (non-hydrogen) atoms. The monoisotopic (exact) mass is 186 g/mol. The molecule has 1 unspecified atom stereocenters. The van der Waals surface area contributed by atoms with Crippen molar-refractivity contribution in [3.8, 4) is 11.5 Å². The Labute approximate surface area is 75.6 Å². The van der Waals surface area contributed by atoms with Gasteiger partial charge in [0.05, 0.1) is 12.7 Å². The Kier molecular flexibility index (Phi) is 5.23. The van der Waals surface area contributed by atoms with Crippen molar-refractivity contribution in [3.63, 3.8) is 0 Å². The summed E-state index contributed by atoms with van der Waals surface area (Å²) >= 11 is 0. The van der Waals surface area contributed by atoms with Crippen LogP contribution in [0.2, 0.25) is 19.6 Å². The van der Waals surface area contributed by atoms with Crippen LogP contribution in [0.3, 0.4) is 0 Å². The van der Waals surface area contributed by atoms with E-state index in [1.807, 2.05) is 0 Å². The van der Waals surface area contributed by atoms with Gasteiger partial charge in [-0.05, 0) is 6.42 Å². The topological polar surface area (TPSA) is 40.5 Å². The van der Waals surface area contributed by atoms with Gasteiger partial charge in [0.1, 0.15) is 8.07 Å². The van der Waals surface area contributed by atoms with Gasteiger partial charge in [-0.25, -0.2) is 0 Å². The van der Waals surface area contributed by atoms with Crippen molar-refractivity contribution in [1.82, 2.24) is 0 Å². The second kappa shape index (κ2) is 5.36. The normalized spacial score (nSPS) is 13.4. The molecule has 70 valence electrons. The first kappa shape index (κ1) is 11.7. The smallest absolute Gasteiger partial charge is 0.129 e. The Morgan fingerprint density at radius 3 is 2.33 bits per heavy atom. The molecule has 1 atom stereocenters. The molecular formula is C9H18O2Si. The summed E-state index contributed by atoms with van der Waals surface area (Å²) in [4.78, 5) is 0. The van der Waals surface area contributed by atoms with Gasteiger partial charge in [-0.15, -0.1) is 11.5 Å². The fraction of sp³-hybridized carbons (Fsp3) is 0.778. The van der Waals surface area contributed by atoms with E-state index in [2.05, 4.69) is 31.1 Å². The molecule has 0 bridgehead atoms. The Hall–Kier alpha value is -0.303. The van der Waals surface area contributed by atoms with E-state index in [0.717, 1.165) is 0 Å². The molecule has 0 fully saturated rings. The van der Waals surface area contributed by atoms with Crippen molar-refractivity contribution < 1.29 is 10.2 Å². The first-order valence-corrected chi connectivity index (χ1v) is 7.74. The lowest BCUT2D eigenvalue weighted by atomic mass is 10.2. The average molecular weight is 186 g/mol. The van der Waals surface area contributed by atoms with Gasteiger partial charge in [0.2, 0.25) is 0 Å². The van der Waals surface area contributed by atoms with E-state index < -0.39 is 14.2 Å². The van der Waals surface area contributed by atoms with Crippen molar-refractivity contribution >= 4 is 8.07 Å². The van der Waals surface area contributed by atoms with Crippen LogP contribution in [0.25, 0.3) is 0 Å². The van der Waals surface area contributed by atoms with Crippen molar-refractivity contribution in [3.05, 3.63) is 0 Å². The molecule has 0 aliphatic heterocycles. The van der Waals surface area contributed by atoms with Gasteiger partial charge in [-0.3, -0.25) is 0 Å². The van der Waals surface area contributed by atoms with E-state index in [9.17, 15) is 0 Å². The molecule has 0 aromatic carbocycles. The zero-order chi connectivity index (χ0) is 9.61. The number of hydrogen-bond donors (Lipinski definition) is 2. The largest absolute Gasteiger partial charge is 0.394 e. The van der Waals surface area contributed by atoms with Gasteiger partial charge < -0.3 is 10.2 Å². The van der Waals surface area contributed by atoms with E-state index in [-0.39, 0.29) is 6.61 Å². The summed E-state index contributed by atoms with van der Waals surface area (Å²) in [5.41, 5.74) is 3.20. The minimum absolute atomic E-state index is 0.158. The summed E-state index contributed by atoms with van der Waals surface area (Å²) in [6.45, 7) is 6.39. The zero-order valence-corrected chi connectivity index (χ0v) is 9.09. The highest BCUT2D eigenvalue weighted by molar-refractivity contribution is 6.83. The number of hydrogen-bond acceptors (Lipinski definition) is 2. The quantitative estimate of drug-likeness (QED) is 0.510. The summed E-state index contributed by atoms with van der Waals surface area (Å²) in [6.07, 6.45) is 0.668. The molecule has 0 amide bonds. The molecule has 0 aromatic heterocycles. The van der Waals surface area contributed by atoms with Crippen LogP contribution in [0.1, 0.15) is 12.8 Å². The second-order valence-electron chi connectivity index (χ2n) is 3.93. The predicted octanol–water partition coefficient (Wildman–Crippen LogP) is 1.00. The fourth-order valence-corrected chi connectivity index (χ4v) is 1.31. The van der Waals surface area contributed by atoms with Crippen LogP contribution in [0.15, 0.2) is 0 Å². The lowest BCUT2D eigenvalue weighted by Crippen LogP contribution is -2.16. The van der Waals surface area contributed by atoms with Gasteiger partial charge in [0.15, 0.2) is 0 Å². The van der Waals surface area contributed by atoms with Gasteiger partial charge in [-0.2, -0.15) is 0 Å². The van der Waals surface area contributed by atoms with Gasteiger partial charge in [-0.1, -0.05) is 19.6 Å². The van der Waals surface area contributed by atoms with Crippen molar-refractivity contribution in [2.75, 3.05) is 6.61 Å². The van der Waals surface area contributed by atoms with Gasteiger partial charge >= 0.3 is 0 Å². The van der Waals surface area contributed by atoms with Crippen LogP contribution in [0, 0.1) is 11.5 Å². The van der Waals surface area contributed by atoms with Crippen LogP contribution >= 0.6 is 0 Å². The molecule has 0 aliphatic carbocycles. The molecule has 0 heterocycles. The maximum Gasteiger partial charge on any atom is 0.129 e. The summed E-state index contributed by atoms with van der Waals surface area (Å²) in [6, 6.07) is 0. The first-order valence-electron chi connectivity index (χ1n) is 4.24. The van der Waals surface area contributed by atoms with E-state index in [0.29, 0.717) is 12.8 Å². The average Bonchev–Trinajstić information content (AvgIpc) is 1.96. The fourth-order valence-electron chi connectivity index (χ4n) is 0.658.